The lowest BCUT2D eigenvalue weighted by Gasteiger charge is -2.15. The molecule has 1 atom stereocenters. The molecule has 11 heteroatoms. The monoisotopic (exact) mass is 361 g/mol. The molecule has 0 aliphatic carbocycles. The van der Waals surface area contributed by atoms with E-state index in [-0.39, 0.29) is 13.2 Å². The molecular formula is C14H15BF3NO6. The van der Waals surface area contributed by atoms with Gasteiger partial charge in [0.2, 0.25) is 0 Å². The lowest BCUT2D eigenvalue weighted by Crippen LogP contribution is -2.29. The molecule has 2 rings (SSSR count). The predicted molar refractivity (Wildman–Crippen MR) is 78.9 cm³/mol. The highest BCUT2D eigenvalue weighted by molar-refractivity contribution is 6.62. The third-order valence-electron chi connectivity index (χ3n) is 3.45. The summed E-state index contributed by atoms with van der Waals surface area (Å²) in [6.45, 7) is 2.20. The number of hydrogen-bond donors (Lipinski definition) is 2. The van der Waals surface area contributed by atoms with Crippen LogP contribution in [0, 0.1) is 6.92 Å². The number of carbonyl (C=O) groups excluding carboxylic acids is 2. The second-order valence-corrected chi connectivity index (χ2v) is 5.32. The van der Waals surface area contributed by atoms with Crippen molar-refractivity contribution in [2.45, 2.75) is 25.6 Å². The molecule has 1 aromatic carbocycles. The number of rotatable bonds is 5. The molecule has 0 bridgehead atoms. The maximum Gasteiger partial charge on any atom is 0.492 e. The van der Waals surface area contributed by atoms with Gasteiger partial charge < -0.3 is 24.9 Å². The minimum absolute atomic E-state index is 0.254. The van der Waals surface area contributed by atoms with E-state index in [1.165, 1.54) is 6.07 Å². The largest absolute Gasteiger partial charge is 0.492 e. The van der Waals surface area contributed by atoms with Crippen molar-refractivity contribution in [2.24, 2.45) is 5.73 Å². The Balaban J connectivity index is 2.14. The van der Waals surface area contributed by atoms with E-state index in [2.05, 4.69) is 4.74 Å². The van der Waals surface area contributed by atoms with Gasteiger partial charge in [-0.05, 0) is 35.6 Å². The minimum atomic E-state index is -5.27. The van der Waals surface area contributed by atoms with E-state index in [4.69, 9.17) is 15.1 Å². The van der Waals surface area contributed by atoms with Gasteiger partial charge in [0.1, 0.15) is 12.4 Å². The molecule has 1 aliphatic heterocycles. The summed E-state index contributed by atoms with van der Waals surface area (Å²) >= 11 is 0. The predicted octanol–water partition coefficient (Wildman–Crippen LogP) is 0.114. The van der Waals surface area contributed by atoms with Gasteiger partial charge in [-0.1, -0.05) is 0 Å². The summed E-state index contributed by atoms with van der Waals surface area (Å²) < 4.78 is 50.6. The molecule has 1 unspecified atom stereocenters. The molecule has 1 heterocycles. The number of nitrogens with two attached hydrogens (primary N) is 1. The van der Waals surface area contributed by atoms with Gasteiger partial charge in [0.15, 0.2) is 0 Å². The van der Waals surface area contributed by atoms with Crippen LogP contribution in [-0.4, -0.2) is 43.4 Å². The summed E-state index contributed by atoms with van der Waals surface area (Å²) in [5.74, 6) is -3.58. The number of alkyl halides is 3. The van der Waals surface area contributed by atoms with Crippen molar-refractivity contribution in [3.8, 4) is 5.75 Å². The Labute approximate surface area is 141 Å². The zero-order valence-corrected chi connectivity index (χ0v) is 13.1. The van der Waals surface area contributed by atoms with Crippen LogP contribution in [0.3, 0.4) is 0 Å². The number of carbonyl (C=O) groups is 2. The standard InChI is InChI=1S/C14H15BF3NO6/c1-7-4-8(23-3-2-19)5-9-12(7)10(25-15(9)22)6-11(20)24-13(21)14(16,17)18/h4-5,10,22H,2-3,6,19H2,1H3. The van der Waals surface area contributed by atoms with Crippen LogP contribution in [0.4, 0.5) is 13.2 Å². The summed E-state index contributed by atoms with van der Waals surface area (Å²) in [7, 11) is -1.38. The van der Waals surface area contributed by atoms with Crippen LogP contribution >= 0.6 is 0 Å². The molecule has 0 saturated heterocycles. The summed E-state index contributed by atoms with van der Waals surface area (Å²) in [4.78, 5) is 22.2. The number of halogens is 3. The highest BCUT2D eigenvalue weighted by Gasteiger charge is 2.44. The van der Waals surface area contributed by atoms with Gasteiger partial charge in [-0.2, -0.15) is 13.2 Å². The van der Waals surface area contributed by atoms with Gasteiger partial charge in [0.25, 0.3) is 0 Å². The molecule has 0 radical (unpaired) electrons. The molecule has 0 aromatic heterocycles. The smallest absolute Gasteiger partial charge is 0.492 e. The number of benzene rings is 1. The zero-order valence-electron chi connectivity index (χ0n) is 13.1. The Morgan fingerprint density at radius 2 is 2.08 bits per heavy atom. The van der Waals surface area contributed by atoms with Gasteiger partial charge in [-0.3, -0.25) is 4.79 Å². The maximum absolute atomic E-state index is 12.1. The maximum atomic E-state index is 12.1. The highest BCUT2D eigenvalue weighted by atomic mass is 19.4. The fourth-order valence-corrected chi connectivity index (χ4v) is 2.50. The topological polar surface area (TPSA) is 108 Å². The quantitative estimate of drug-likeness (QED) is 0.436. The number of aryl methyl sites for hydroxylation is 1. The highest BCUT2D eigenvalue weighted by Crippen LogP contribution is 2.32. The second kappa shape index (κ2) is 7.42. The molecule has 25 heavy (non-hydrogen) atoms. The molecule has 1 aromatic rings. The van der Waals surface area contributed by atoms with Crippen molar-refractivity contribution in [1.82, 2.24) is 0 Å². The van der Waals surface area contributed by atoms with Crippen LogP contribution in [0.1, 0.15) is 23.7 Å². The molecule has 1 aliphatic rings. The van der Waals surface area contributed by atoms with E-state index >= 15 is 0 Å². The summed E-state index contributed by atoms with van der Waals surface area (Å²) in [6, 6.07) is 3.12. The van der Waals surface area contributed by atoms with Gasteiger partial charge in [-0.25, -0.2) is 4.79 Å². The van der Waals surface area contributed by atoms with Crippen molar-refractivity contribution >= 4 is 24.5 Å². The molecule has 0 saturated carbocycles. The summed E-state index contributed by atoms with van der Waals surface area (Å²) in [5, 5.41) is 9.95. The van der Waals surface area contributed by atoms with Crippen LogP contribution in [0.2, 0.25) is 0 Å². The Hall–Kier alpha value is -2.11. The molecule has 0 spiro atoms. The molecule has 0 amide bonds. The third-order valence-corrected chi connectivity index (χ3v) is 3.45. The fourth-order valence-electron chi connectivity index (χ4n) is 2.50. The molecular weight excluding hydrogens is 346 g/mol. The van der Waals surface area contributed by atoms with E-state index in [1.807, 2.05) is 0 Å². The number of esters is 2. The lowest BCUT2D eigenvalue weighted by molar-refractivity contribution is -0.202. The zero-order chi connectivity index (χ0) is 18.8. The van der Waals surface area contributed by atoms with Crippen LogP contribution in [0.15, 0.2) is 12.1 Å². The van der Waals surface area contributed by atoms with Crippen LogP contribution in [-0.2, 0) is 19.0 Å². The van der Waals surface area contributed by atoms with Crippen molar-refractivity contribution < 1.29 is 41.9 Å². The summed E-state index contributed by atoms with van der Waals surface area (Å²) in [6.07, 6.45) is -6.97. The third kappa shape index (κ3) is 4.50. The van der Waals surface area contributed by atoms with Gasteiger partial charge >= 0.3 is 25.2 Å². The minimum Gasteiger partial charge on any atom is -0.492 e. The van der Waals surface area contributed by atoms with Crippen LogP contribution in [0.25, 0.3) is 0 Å². The molecule has 136 valence electrons. The lowest BCUT2D eigenvalue weighted by atomic mass is 9.77. The van der Waals surface area contributed by atoms with E-state index in [1.54, 1.807) is 13.0 Å². The van der Waals surface area contributed by atoms with E-state index in [0.29, 0.717) is 22.3 Å². The van der Waals surface area contributed by atoms with Crippen LogP contribution in [0.5, 0.6) is 5.75 Å². The normalized spacial score (nSPS) is 16.6. The molecule has 0 fully saturated rings. The average Bonchev–Trinajstić information content (AvgIpc) is 2.80. The van der Waals surface area contributed by atoms with Crippen molar-refractivity contribution in [2.75, 3.05) is 13.2 Å². The van der Waals surface area contributed by atoms with Gasteiger partial charge in [-0.15, -0.1) is 0 Å². The van der Waals surface area contributed by atoms with Gasteiger partial charge in [0, 0.05) is 6.54 Å². The van der Waals surface area contributed by atoms with Crippen LogP contribution < -0.4 is 15.9 Å². The Bertz CT molecular complexity index is 681. The van der Waals surface area contributed by atoms with E-state index in [0.717, 1.165) is 0 Å². The Morgan fingerprint density at radius 3 is 2.68 bits per heavy atom. The summed E-state index contributed by atoms with van der Waals surface area (Å²) in [5.41, 5.74) is 6.70. The van der Waals surface area contributed by atoms with Crippen molar-refractivity contribution in [1.29, 1.82) is 0 Å². The Morgan fingerprint density at radius 1 is 1.40 bits per heavy atom. The first-order valence-corrected chi connectivity index (χ1v) is 7.26. The Kier molecular flexibility index (Phi) is 5.70. The number of hydrogen-bond acceptors (Lipinski definition) is 7. The average molecular weight is 361 g/mol. The van der Waals surface area contributed by atoms with Crippen molar-refractivity contribution in [3.05, 3.63) is 23.3 Å². The fraction of sp³-hybridized carbons (Fsp3) is 0.429. The van der Waals surface area contributed by atoms with Gasteiger partial charge in [0.05, 0.1) is 12.5 Å². The number of ether oxygens (including phenoxy) is 2. The second-order valence-electron chi connectivity index (χ2n) is 5.32. The first kappa shape index (κ1) is 19.2. The number of fused-ring (bicyclic) bond motifs is 1. The molecule has 7 nitrogen and oxygen atoms in total. The SMILES string of the molecule is Cc1cc(OCCN)cc2c1C(CC(=O)OC(=O)C(F)(F)F)OB2O. The first-order chi connectivity index (χ1) is 11.6. The first-order valence-electron chi connectivity index (χ1n) is 7.26. The van der Waals surface area contributed by atoms with E-state index < -0.39 is 37.8 Å². The van der Waals surface area contributed by atoms with E-state index in [9.17, 15) is 27.8 Å². The van der Waals surface area contributed by atoms with Crippen molar-refractivity contribution in [3.63, 3.8) is 0 Å². The molecule has 3 N–H and O–H groups in total.